The third kappa shape index (κ3) is 2.54. The lowest BCUT2D eigenvalue weighted by Gasteiger charge is -2.50. The van der Waals surface area contributed by atoms with Gasteiger partial charge in [-0.05, 0) is 37.3 Å². The fourth-order valence-electron chi connectivity index (χ4n) is 3.11. The lowest BCUT2D eigenvalue weighted by molar-refractivity contribution is -0.144. The zero-order chi connectivity index (χ0) is 14.4. The molecule has 1 amide bonds. The Labute approximate surface area is 116 Å². The number of nitrogens with zero attached hydrogens (tertiary/aromatic N) is 1. The van der Waals surface area contributed by atoms with Crippen molar-refractivity contribution >= 4 is 5.91 Å². The summed E-state index contributed by atoms with van der Waals surface area (Å²) in [6.07, 6.45) is 0.528. The van der Waals surface area contributed by atoms with Crippen LogP contribution in [0.5, 0.6) is 0 Å². The van der Waals surface area contributed by atoms with Gasteiger partial charge in [0.15, 0.2) is 0 Å². The molecule has 1 unspecified atom stereocenters. The first kappa shape index (κ1) is 14.1. The molecule has 0 saturated carbocycles. The maximum atomic E-state index is 12.6. The first-order valence-corrected chi connectivity index (χ1v) is 7.02. The molecule has 0 bridgehead atoms. The van der Waals surface area contributed by atoms with Crippen molar-refractivity contribution < 1.29 is 4.79 Å². The molecule has 1 heterocycles. The van der Waals surface area contributed by atoms with Crippen molar-refractivity contribution in [3.8, 4) is 0 Å². The molecule has 2 nitrogen and oxygen atoms in total. The maximum Gasteiger partial charge on any atom is 0.227 e. The predicted octanol–water partition coefficient (Wildman–Crippen LogP) is 3.96. The van der Waals surface area contributed by atoms with Crippen LogP contribution in [0.2, 0.25) is 0 Å². The average Bonchev–Trinajstić information content (AvgIpc) is 2.24. The highest BCUT2D eigenvalue weighted by molar-refractivity contribution is 5.82. The minimum Gasteiger partial charge on any atom is -0.330 e. The standard InChI is InChI=1S/C17H25NO/c1-16(2,3)15-13-10-8-7-9-12(13)11-14(19)18(15)17(4,5)6/h7-10,15H,11H2,1-6H3. The van der Waals surface area contributed by atoms with Crippen molar-refractivity contribution in [3.63, 3.8) is 0 Å². The third-order valence-corrected chi connectivity index (χ3v) is 3.76. The molecule has 1 aromatic rings. The van der Waals surface area contributed by atoms with Gasteiger partial charge in [0, 0.05) is 5.54 Å². The summed E-state index contributed by atoms with van der Waals surface area (Å²) >= 11 is 0. The van der Waals surface area contributed by atoms with E-state index in [9.17, 15) is 4.79 Å². The van der Waals surface area contributed by atoms with E-state index in [1.54, 1.807) is 0 Å². The molecule has 0 spiro atoms. The second-order valence-corrected chi connectivity index (χ2v) is 7.58. The average molecular weight is 259 g/mol. The number of carbonyl (C=O) groups excluding carboxylic acids is 1. The van der Waals surface area contributed by atoms with Crippen molar-refractivity contribution in [1.82, 2.24) is 4.90 Å². The molecule has 104 valence electrons. The lowest BCUT2D eigenvalue weighted by atomic mass is 9.75. The largest absolute Gasteiger partial charge is 0.330 e. The summed E-state index contributed by atoms with van der Waals surface area (Å²) in [7, 11) is 0. The van der Waals surface area contributed by atoms with Crippen molar-refractivity contribution in [3.05, 3.63) is 35.4 Å². The topological polar surface area (TPSA) is 20.3 Å². The predicted molar refractivity (Wildman–Crippen MR) is 78.9 cm³/mol. The highest BCUT2D eigenvalue weighted by Crippen LogP contribution is 2.45. The molecule has 0 N–H and O–H groups in total. The molecule has 2 rings (SSSR count). The van der Waals surface area contributed by atoms with E-state index in [1.807, 2.05) is 6.07 Å². The number of amides is 1. The van der Waals surface area contributed by atoms with Gasteiger partial charge in [-0.25, -0.2) is 0 Å². The Hall–Kier alpha value is -1.31. The van der Waals surface area contributed by atoms with Crippen LogP contribution in [0.15, 0.2) is 24.3 Å². The Kier molecular flexibility index (Phi) is 3.24. The van der Waals surface area contributed by atoms with Crippen LogP contribution in [-0.4, -0.2) is 16.3 Å². The van der Waals surface area contributed by atoms with Crippen LogP contribution < -0.4 is 0 Å². The third-order valence-electron chi connectivity index (χ3n) is 3.76. The molecular weight excluding hydrogens is 234 g/mol. The molecule has 0 saturated heterocycles. The normalized spacial score (nSPS) is 20.4. The molecule has 2 heteroatoms. The van der Waals surface area contributed by atoms with Crippen molar-refractivity contribution in [2.75, 3.05) is 0 Å². The number of fused-ring (bicyclic) bond motifs is 1. The quantitative estimate of drug-likeness (QED) is 0.690. The summed E-state index contributed by atoms with van der Waals surface area (Å²) < 4.78 is 0. The Morgan fingerprint density at radius 3 is 2.16 bits per heavy atom. The second kappa shape index (κ2) is 4.36. The van der Waals surface area contributed by atoms with E-state index in [1.165, 1.54) is 11.1 Å². The van der Waals surface area contributed by atoms with E-state index in [0.29, 0.717) is 6.42 Å². The van der Waals surface area contributed by atoms with E-state index < -0.39 is 0 Å². The van der Waals surface area contributed by atoms with Crippen LogP contribution in [0, 0.1) is 5.41 Å². The fraction of sp³-hybridized carbons (Fsp3) is 0.588. The smallest absolute Gasteiger partial charge is 0.227 e. The molecule has 0 aliphatic carbocycles. The molecule has 1 aliphatic heterocycles. The van der Waals surface area contributed by atoms with Crippen LogP contribution in [0.1, 0.15) is 58.7 Å². The van der Waals surface area contributed by atoms with Crippen LogP contribution in [-0.2, 0) is 11.2 Å². The lowest BCUT2D eigenvalue weighted by Crippen LogP contribution is -2.54. The molecule has 0 fully saturated rings. The summed E-state index contributed by atoms with van der Waals surface area (Å²) in [4.78, 5) is 14.7. The minimum atomic E-state index is -0.150. The molecule has 0 radical (unpaired) electrons. The van der Waals surface area contributed by atoms with Gasteiger partial charge in [0.25, 0.3) is 0 Å². The van der Waals surface area contributed by atoms with E-state index in [0.717, 1.165) is 0 Å². The highest BCUT2D eigenvalue weighted by atomic mass is 16.2. The van der Waals surface area contributed by atoms with Gasteiger partial charge in [-0.2, -0.15) is 0 Å². The number of benzene rings is 1. The number of hydrogen-bond donors (Lipinski definition) is 0. The number of carbonyl (C=O) groups is 1. The zero-order valence-corrected chi connectivity index (χ0v) is 12.9. The molecule has 1 aliphatic rings. The van der Waals surface area contributed by atoms with Gasteiger partial charge >= 0.3 is 0 Å². The van der Waals surface area contributed by atoms with Gasteiger partial charge in [-0.3, -0.25) is 4.79 Å². The zero-order valence-electron chi connectivity index (χ0n) is 12.9. The molecule has 0 aromatic heterocycles. The second-order valence-electron chi connectivity index (χ2n) is 7.58. The number of hydrogen-bond acceptors (Lipinski definition) is 1. The summed E-state index contributed by atoms with van der Waals surface area (Å²) in [5.41, 5.74) is 2.37. The summed E-state index contributed by atoms with van der Waals surface area (Å²) in [6, 6.07) is 8.51. The Morgan fingerprint density at radius 2 is 1.63 bits per heavy atom. The minimum absolute atomic E-state index is 0.0272. The first-order valence-electron chi connectivity index (χ1n) is 7.02. The van der Waals surface area contributed by atoms with Crippen LogP contribution in [0.25, 0.3) is 0 Å². The van der Waals surface area contributed by atoms with Crippen LogP contribution in [0.3, 0.4) is 0 Å². The van der Waals surface area contributed by atoms with Crippen molar-refractivity contribution in [2.24, 2.45) is 5.41 Å². The summed E-state index contributed by atoms with van der Waals surface area (Å²) in [6.45, 7) is 13.0. The SMILES string of the molecule is CC(C)(C)C1c2ccccc2CC(=O)N1C(C)(C)C. The molecule has 1 atom stereocenters. The van der Waals surface area contributed by atoms with E-state index in [-0.39, 0.29) is 22.9 Å². The van der Waals surface area contributed by atoms with Crippen molar-refractivity contribution in [1.29, 1.82) is 0 Å². The van der Waals surface area contributed by atoms with Gasteiger partial charge in [0.1, 0.15) is 0 Å². The van der Waals surface area contributed by atoms with Crippen LogP contribution >= 0.6 is 0 Å². The van der Waals surface area contributed by atoms with Gasteiger partial charge in [0.2, 0.25) is 5.91 Å². The Balaban J connectivity index is 2.62. The van der Waals surface area contributed by atoms with Gasteiger partial charge in [-0.1, -0.05) is 45.0 Å². The van der Waals surface area contributed by atoms with Gasteiger partial charge < -0.3 is 4.90 Å². The monoisotopic (exact) mass is 259 g/mol. The Bertz CT molecular complexity index is 491. The fourth-order valence-corrected chi connectivity index (χ4v) is 3.11. The summed E-state index contributed by atoms with van der Waals surface area (Å²) in [5.74, 6) is 0.242. The van der Waals surface area contributed by atoms with Crippen molar-refractivity contribution in [2.45, 2.75) is 59.5 Å². The molecule has 19 heavy (non-hydrogen) atoms. The van der Waals surface area contributed by atoms with E-state index in [4.69, 9.17) is 0 Å². The maximum absolute atomic E-state index is 12.6. The van der Waals surface area contributed by atoms with E-state index in [2.05, 4.69) is 64.6 Å². The Morgan fingerprint density at radius 1 is 1.05 bits per heavy atom. The first-order chi connectivity index (χ1) is 8.62. The summed E-state index contributed by atoms with van der Waals surface area (Å²) in [5, 5.41) is 0. The molecule has 1 aromatic carbocycles. The van der Waals surface area contributed by atoms with Gasteiger partial charge in [0.05, 0.1) is 12.5 Å². The van der Waals surface area contributed by atoms with Gasteiger partial charge in [-0.15, -0.1) is 0 Å². The van der Waals surface area contributed by atoms with Crippen LogP contribution in [0.4, 0.5) is 0 Å². The molecular formula is C17H25NO. The highest BCUT2D eigenvalue weighted by Gasteiger charge is 2.43. The number of rotatable bonds is 0. The van der Waals surface area contributed by atoms with E-state index >= 15 is 0 Å².